The van der Waals surface area contributed by atoms with Gasteiger partial charge in [0.1, 0.15) is 23.0 Å². The number of ether oxygens (including phenoxy) is 3. The third-order valence-electron chi connectivity index (χ3n) is 4.02. The maximum Gasteiger partial charge on any atom is 0.314 e. The zero-order valence-corrected chi connectivity index (χ0v) is 17.0. The van der Waals surface area contributed by atoms with Crippen molar-refractivity contribution in [3.05, 3.63) is 71.8 Å². The molecular weight excluding hydrogens is 408 g/mol. The summed E-state index contributed by atoms with van der Waals surface area (Å²) < 4.78 is 16.0. The fraction of sp³-hybridized carbons (Fsp3) is 0.0909. The van der Waals surface area contributed by atoms with Crippen LogP contribution in [0.3, 0.4) is 0 Å². The van der Waals surface area contributed by atoms with Crippen molar-refractivity contribution < 1.29 is 23.8 Å². The van der Waals surface area contributed by atoms with Crippen molar-refractivity contribution in [2.75, 3.05) is 24.9 Å². The molecule has 0 heterocycles. The summed E-state index contributed by atoms with van der Waals surface area (Å²) in [5, 5.41) is 5.33. The van der Waals surface area contributed by atoms with Gasteiger partial charge in [0, 0.05) is 17.8 Å². The van der Waals surface area contributed by atoms with Gasteiger partial charge in [0.05, 0.1) is 24.9 Å². The number of hydrogen-bond donors (Lipinski definition) is 2. The fourth-order valence-corrected chi connectivity index (χ4v) is 2.79. The number of anilines is 2. The topological polar surface area (TPSA) is 85.9 Å². The highest BCUT2D eigenvalue weighted by atomic mass is 35.5. The molecule has 0 unspecified atom stereocenters. The van der Waals surface area contributed by atoms with E-state index in [1.165, 1.54) is 26.4 Å². The molecule has 0 bridgehead atoms. The van der Waals surface area contributed by atoms with Crippen LogP contribution in [0.15, 0.2) is 66.7 Å². The third kappa shape index (κ3) is 5.21. The number of hydrogen-bond acceptors (Lipinski definition) is 5. The minimum Gasteiger partial charge on any atom is -0.495 e. The van der Waals surface area contributed by atoms with Gasteiger partial charge < -0.3 is 24.8 Å². The van der Waals surface area contributed by atoms with Gasteiger partial charge in [0.2, 0.25) is 0 Å². The number of carbonyl (C=O) groups excluding carboxylic acids is 2. The molecule has 8 heteroatoms. The lowest BCUT2D eigenvalue weighted by molar-refractivity contribution is -0.133. The van der Waals surface area contributed by atoms with Crippen molar-refractivity contribution in [3.8, 4) is 23.0 Å². The van der Waals surface area contributed by atoms with Crippen LogP contribution in [0.5, 0.6) is 23.0 Å². The van der Waals surface area contributed by atoms with Gasteiger partial charge in [-0.3, -0.25) is 9.59 Å². The maximum atomic E-state index is 12.3. The van der Waals surface area contributed by atoms with Gasteiger partial charge in [0.25, 0.3) is 0 Å². The first-order valence-corrected chi connectivity index (χ1v) is 9.24. The Bertz CT molecular complexity index is 1040. The predicted molar refractivity (Wildman–Crippen MR) is 115 cm³/mol. The Labute approximate surface area is 178 Å². The smallest absolute Gasteiger partial charge is 0.314 e. The van der Waals surface area contributed by atoms with Crippen molar-refractivity contribution in [1.82, 2.24) is 0 Å². The van der Waals surface area contributed by atoms with Crippen LogP contribution in [-0.4, -0.2) is 26.0 Å². The Hall–Kier alpha value is -3.71. The average Bonchev–Trinajstić information content (AvgIpc) is 2.76. The molecule has 3 rings (SSSR count). The summed E-state index contributed by atoms with van der Waals surface area (Å²) in [6.45, 7) is 0. The zero-order chi connectivity index (χ0) is 21.5. The first kappa shape index (κ1) is 21.0. The van der Waals surface area contributed by atoms with Gasteiger partial charge in [-0.2, -0.15) is 0 Å². The van der Waals surface area contributed by atoms with Crippen LogP contribution < -0.4 is 24.8 Å². The number of rotatable bonds is 6. The monoisotopic (exact) mass is 426 g/mol. The number of benzene rings is 3. The fourth-order valence-electron chi connectivity index (χ4n) is 2.56. The van der Waals surface area contributed by atoms with Crippen molar-refractivity contribution in [3.63, 3.8) is 0 Å². The number of carbonyl (C=O) groups is 2. The van der Waals surface area contributed by atoms with E-state index < -0.39 is 11.8 Å². The van der Waals surface area contributed by atoms with Gasteiger partial charge in [0.15, 0.2) is 0 Å². The highest BCUT2D eigenvalue weighted by Crippen LogP contribution is 2.35. The molecule has 154 valence electrons. The molecule has 0 aliphatic carbocycles. The summed E-state index contributed by atoms with van der Waals surface area (Å²) in [5.74, 6) is 0.208. The van der Waals surface area contributed by atoms with Crippen LogP contribution in [0.1, 0.15) is 0 Å². The van der Waals surface area contributed by atoms with E-state index in [1.54, 1.807) is 24.3 Å². The summed E-state index contributed by atoms with van der Waals surface area (Å²) in [7, 11) is 2.87. The van der Waals surface area contributed by atoms with E-state index >= 15 is 0 Å². The second-order valence-electron chi connectivity index (χ2n) is 6.03. The highest BCUT2D eigenvalue weighted by Gasteiger charge is 2.18. The lowest BCUT2D eigenvalue weighted by Gasteiger charge is -2.13. The zero-order valence-electron chi connectivity index (χ0n) is 16.3. The SMILES string of the molecule is COc1cc(NC(=O)C(=O)Nc2ccc(Oc3ccccc3)cc2)c(OC)cc1Cl. The second-order valence-corrected chi connectivity index (χ2v) is 6.44. The number of amides is 2. The van der Waals surface area contributed by atoms with Gasteiger partial charge >= 0.3 is 11.8 Å². The third-order valence-corrected chi connectivity index (χ3v) is 4.31. The van der Waals surface area contributed by atoms with E-state index in [4.69, 9.17) is 25.8 Å². The molecule has 3 aromatic carbocycles. The standard InChI is InChI=1S/C22H19ClN2O5/c1-28-19-13-18(20(29-2)12-17(19)23)25-22(27)21(26)24-14-8-10-16(11-9-14)30-15-6-4-3-5-7-15/h3-13H,1-2H3,(H,24,26)(H,25,27). The molecule has 0 spiro atoms. The minimum absolute atomic E-state index is 0.255. The van der Waals surface area contributed by atoms with Crippen molar-refractivity contribution in [2.24, 2.45) is 0 Å². The molecule has 0 fully saturated rings. The first-order valence-electron chi connectivity index (χ1n) is 8.87. The molecule has 0 atom stereocenters. The second kappa shape index (κ2) is 9.67. The Morgan fingerprint density at radius 3 is 2.00 bits per heavy atom. The van der Waals surface area contributed by atoms with Crippen molar-refractivity contribution in [1.29, 1.82) is 0 Å². The summed E-state index contributed by atoms with van der Waals surface area (Å²) in [6, 6.07) is 18.9. The number of para-hydroxylation sites is 1. The average molecular weight is 427 g/mol. The van der Waals surface area contributed by atoms with Crippen molar-refractivity contribution in [2.45, 2.75) is 0 Å². The van der Waals surface area contributed by atoms with E-state index in [9.17, 15) is 9.59 Å². The molecule has 0 aliphatic heterocycles. The molecule has 7 nitrogen and oxygen atoms in total. The first-order chi connectivity index (χ1) is 14.5. The van der Waals surface area contributed by atoms with Crippen LogP contribution in [-0.2, 0) is 9.59 Å². The van der Waals surface area contributed by atoms with Crippen LogP contribution in [0.4, 0.5) is 11.4 Å². The molecule has 3 aromatic rings. The number of halogens is 1. The predicted octanol–water partition coefficient (Wildman–Crippen LogP) is 4.73. The van der Waals surface area contributed by atoms with Crippen molar-refractivity contribution >= 4 is 34.8 Å². The minimum atomic E-state index is -0.873. The molecule has 0 aliphatic rings. The van der Waals surface area contributed by atoms with Crippen LogP contribution in [0, 0.1) is 0 Å². The molecule has 0 saturated carbocycles. The molecule has 30 heavy (non-hydrogen) atoms. The molecule has 0 saturated heterocycles. The maximum absolute atomic E-state index is 12.3. The number of methoxy groups -OCH3 is 2. The molecule has 2 N–H and O–H groups in total. The van der Waals surface area contributed by atoms with E-state index in [1.807, 2.05) is 30.3 Å². The Kier molecular flexibility index (Phi) is 6.77. The van der Waals surface area contributed by atoms with E-state index in [0.29, 0.717) is 33.7 Å². The van der Waals surface area contributed by atoms with E-state index in [0.717, 1.165) is 0 Å². The Balaban J connectivity index is 1.64. The summed E-state index contributed by atoms with van der Waals surface area (Å²) in [6.07, 6.45) is 0. The lowest BCUT2D eigenvalue weighted by Crippen LogP contribution is -2.29. The Morgan fingerprint density at radius 2 is 1.37 bits per heavy atom. The van der Waals surface area contributed by atoms with Crippen LogP contribution in [0.2, 0.25) is 5.02 Å². The van der Waals surface area contributed by atoms with Crippen LogP contribution in [0.25, 0.3) is 0 Å². The van der Waals surface area contributed by atoms with Crippen LogP contribution >= 0.6 is 11.6 Å². The lowest BCUT2D eigenvalue weighted by atomic mass is 10.2. The molecule has 0 radical (unpaired) electrons. The van der Waals surface area contributed by atoms with E-state index in [-0.39, 0.29) is 5.69 Å². The summed E-state index contributed by atoms with van der Waals surface area (Å²) in [5.41, 5.74) is 0.696. The molecular formula is C22H19ClN2O5. The number of nitrogens with one attached hydrogen (secondary N) is 2. The van der Waals surface area contributed by atoms with Gasteiger partial charge in [-0.1, -0.05) is 29.8 Å². The normalized spacial score (nSPS) is 10.1. The summed E-state index contributed by atoms with van der Waals surface area (Å²) >= 11 is 6.04. The van der Waals surface area contributed by atoms with E-state index in [2.05, 4.69) is 10.6 Å². The van der Waals surface area contributed by atoms with Gasteiger partial charge in [-0.05, 0) is 36.4 Å². The molecule has 2 amide bonds. The van der Waals surface area contributed by atoms with Gasteiger partial charge in [-0.15, -0.1) is 0 Å². The highest BCUT2D eigenvalue weighted by molar-refractivity contribution is 6.44. The van der Waals surface area contributed by atoms with Gasteiger partial charge in [-0.25, -0.2) is 0 Å². The largest absolute Gasteiger partial charge is 0.495 e. The quantitative estimate of drug-likeness (QED) is 0.557. The molecule has 0 aromatic heterocycles. The Morgan fingerprint density at radius 1 is 0.767 bits per heavy atom. The summed E-state index contributed by atoms with van der Waals surface area (Å²) in [4.78, 5) is 24.6.